The van der Waals surface area contributed by atoms with Gasteiger partial charge in [-0.3, -0.25) is 24.6 Å². The third kappa shape index (κ3) is 4.04. The van der Waals surface area contributed by atoms with E-state index in [1.54, 1.807) is 19.1 Å². The summed E-state index contributed by atoms with van der Waals surface area (Å²) in [7, 11) is 0. The number of nitro benzene ring substituents is 1. The van der Waals surface area contributed by atoms with Gasteiger partial charge in [0, 0.05) is 22.7 Å². The Labute approximate surface area is 190 Å². The molecule has 2 aliphatic rings. The summed E-state index contributed by atoms with van der Waals surface area (Å²) in [5.74, 6) is -0.170. The molecule has 12 heteroatoms. The Morgan fingerprint density at radius 2 is 2.00 bits per heavy atom. The number of aromatic hydroxyl groups is 1. The maximum Gasteiger partial charge on any atom is 0.293 e. The number of imide groups is 1. The molecule has 2 amide bonds. The van der Waals surface area contributed by atoms with Crippen LogP contribution in [0.15, 0.2) is 29.2 Å². The summed E-state index contributed by atoms with van der Waals surface area (Å²) in [4.78, 5) is 36.9. The summed E-state index contributed by atoms with van der Waals surface area (Å²) in [5.41, 5.74) is 0.134. The van der Waals surface area contributed by atoms with Crippen molar-refractivity contribution in [3.05, 3.63) is 55.4 Å². The van der Waals surface area contributed by atoms with Gasteiger partial charge in [0.05, 0.1) is 29.0 Å². The van der Waals surface area contributed by atoms with E-state index in [2.05, 4.69) is 0 Å². The summed E-state index contributed by atoms with van der Waals surface area (Å²) in [6.45, 7) is 1.77. The molecule has 1 N–H and O–H groups in total. The number of carbonyl (C=O) groups is 2. The van der Waals surface area contributed by atoms with E-state index in [1.807, 2.05) is 0 Å². The number of ether oxygens (including phenoxy) is 3. The normalized spacial score (nSPS) is 16.2. The molecule has 4 rings (SSSR count). The van der Waals surface area contributed by atoms with Crippen LogP contribution >= 0.6 is 23.4 Å². The molecular weight excluding hydrogens is 464 g/mol. The highest BCUT2D eigenvalue weighted by atomic mass is 35.5. The lowest BCUT2D eigenvalue weighted by Crippen LogP contribution is -2.27. The van der Waals surface area contributed by atoms with Gasteiger partial charge in [-0.15, -0.1) is 0 Å². The Morgan fingerprint density at radius 3 is 2.69 bits per heavy atom. The first-order valence-corrected chi connectivity index (χ1v) is 10.5. The molecule has 2 aromatic rings. The first-order valence-electron chi connectivity index (χ1n) is 9.26. The number of fused-ring (bicyclic) bond motifs is 1. The van der Waals surface area contributed by atoms with E-state index in [9.17, 15) is 24.8 Å². The summed E-state index contributed by atoms with van der Waals surface area (Å²) < 4.78 is 15.8. The van der Waals surface area contributed by atoms with Crippen LogP contribution in [0.25, 0.3) is 6.08 Å². The fourth-order valence-electron chi connectivity index (χ4n) is 3.12. The number of amides is 2. The van der Waals surface area contributed by atoms with Gasteiger partial charge < -0.3 is 19.3 Å². The van der Waals surface area contributed by atoms with Gasteiger partial charge in [-0.05, 0) is 36.4 Å². The number of phenolic OH excluding ortho intramolecular Hbond substituents is 1. The van der Waals surface area contributed by atoms with Gasteiger partial charge in [-0.1, -0.05) is 11.6 Å². The first kappa shape index (κ1) is 21.8. The molecular formula is C20H15ClN2O8S. The number of halogens is 1. The summed E-state index contributed by atoms with van der Waals surface area (Å²) in [6.07, 6.45) is 1.22. The lowest BCUT2D eigenvalue weighted by molar-refractivity contribution is -0.385. The van der Waals surface area contributed by atoms with E-state index < -0.39 is 16.1 Å². The van der Waals surface area contributed by atoms with Crippen molar-refractivity contribution >= 4 is 46.3 Å². The summed E-state index contributed by atoms with van der Waals surface area (Å²) in [5, 5.41) is 21.4. The molecule has 2 heterocycles. The third-order valence-corrected chi connectivity index (χ3v) is 5.89. The van der Waals surface area contributed by atoms with E-state index in [1.165, 1.54) is 6.08 Å². The number of phenols is 1. The molecule has 0 unspecified atom stereocenters. The first-order chi connectivity index (χ1) is 15.3. The number of non-ortho nitro benzene ring substituents is 1. The number of nitrogens with zero attached hydrogens (tertiary/aromatic N) is 2. The van der Waals surface area contributed by atoms with Gasteiger partial charge in [-0.25, -0.2) is 0 Å². The fraction of sp³-hybridized carbons (Fsp3) is 0.200. The van der Waals surface area contributed by atoms with E-state index >= 15 is 0 Å². The van der Waals surface area contributed by atoms with Crippen LogP contribution in [0.4, 0.5) is 10.5 Å². The van der Waals surface area contributed by atoms with Crippen molar-refractivity contribution in [1.82, 2.24) is 4.90 Å². The van der Waals surface area contributed by atoms with Gasteiger partial charge >= 0.3 is 0 Å². The van der Waals surface area contributed by atoms with E-state index in [-0.39, 0.29) is 47.6 Å². The standard InChI is InChI=1S/C20H15ClN2O8S/c1-2-29-16-6-12(23(27)28)3-10(18(16)24)5-17-19(25)22(20(26)32-17)8-11-4-14-15(7-13(11)21)31-9-30-14/h3-7,24H,2,8-9H2,1H3/b17-5-. The minimum Gasteiger partial charge on any atom is -0.504 e. The maximum absolute atomic E-state index is 12.9. The molecule has 0 spiro atoms. The molecule has 0 atom stereocenters. The predicted molar refractivity (Wildman–Crippen MR) is 115 cm³/mol. The largest absolute Gasteiger partial charge is 0.504 e. The average molecular weight is 479 g/mol. The number of hydrogen-bond donors (Lipinski definition) is 1. The Morgan fingerprint density at radius 1 is 1.28 bits per heavy atom. The summed E-state index contributed by atoms with van der Waals surface area (Å²) in [6, 6.07) is 5.33. The van der Waals surface area contributed by atoms with Gasteiger partial charge in [0.25, 0.3) is 16.8 Å². The van der Waals surface area contributed by atoms with Crippen LogP contribution in [-0.4, -0.2) is 39.5 Å². The smallest absolute Gasteiger partial charge is 0.293 e. The van der Waals surface area contributed by atoms with Crippen molar-refractivity contribution < 1.29 is 33.8 Å². The molecule has 0 bridgehead atoms. The zero-order chi connectivity index (χ0) is 23.0. The molecule has 0 radical (unpaired) electrons. The van der Waals surface area contributed by atoms with Gasteiger partial charge in [0.2, 0.25) is 6.79 Å². The van der Waals surface area contributed by atoms with Crippen LogP contribution in [0, 0.1) is 10.1 Å². The molecule has 166 valence electrons. The zero-order valence-corrected chi connectivity index (χ0v) is 18.1. The Kier molecular flexibility index (Phi) is 5.85. The quantitative estimate of drug-likeness (QED) is 0.366. The minimum atomic E-state index is -0.646. The Bertz CT molecular complexity index is 1180. The van der Waals surface area contributed by atoms with Gasteiger partial charge in [0.15, 0.2) is 23.0 Å². The van der Waals surface area contributed by atoms with Crippen LogP contribution in [0.1, 0.15) is 18.1 Å². The van der Waals surface area contributed by atoms with Gasteiger partial charge in [-0.2, -0.15) is 0 Å². The molecule has 2 aliphatic heterocycles. The molecule has 0 aliphatic carbocycles. The third-order valence-electron chi connectivity index (χ3n) is 4.63. The SMILES string of the molecule is CCOc1cc([N+](=O)[O-])cc(/C=C2\SC(=O)N(Cc3cc4c(cc3Cl)OCO4)C2=O)c1O. The van der Waals surface area contributed by atoms with Crippen molar-refractivity contribution in [1.29, 1.82) is 0 Å². The lowest BCUT2D eigenvalue weighted by atomic mass is 10.1. The zero-order valence-electron chi connectivity index (χ0n) is 16.5. The predicted octanol–water partition coefficient (Wildman–Crippen LogP) is 4.32. The molecule has 1 saturated heterocycles. The average Bonchev–Trinajstić information content (AvgIpc) is 3.30. The van der Waals surface area contributed by atoms with Crippen LogP contribution < -0.4 is 14.2 Å². The van der Waals surface area contributed by atoms with E-state index in [0.29, 0.717) is 33.8 Å². The van der Waals surface area contributed by atoms with Crippen molar-refractivity contribution in [2.24, 2.45) is 0 Å². The molecule has 1 fully saturated rings. The highest BCUT2D eigenvalue weighted by molar-refractivity contribution is 8.18. The fourth-order valence-corrected chi connectivity index (χ4v) is 4.17. The molecule has 0 aromatic heterocycles. The minimum absolute atomic E-state index is 0.00916. The van der Waals surface area contributed by atoms with Crippen molar-refractivity contribution in [2.45, 2.75) is 13.5 Å². The number of hydrogen-bond acceptors (Lipinski definition) is 9. The Hall–Kier alpha value is -3.44. The highest BCUT2D eigenvalue weighted by Crippen LogP contribution is 2.41. The topological polar surface area (TPSA) is 128 Å². The van der Waals surface area contributed by atoms with Crippen LogP contribution in [0.2, 0.25) is 5.02 Å². The molecule has 10 nitrogen and oxygen atoms in total. The van der Waals surface area contributed by atoms with E-state index in [4.69, 9.17) is 25.8 Å². The lowest BCUT2D eigenvalue weighted by Gasteiger charge is -2.14. The van der Waals surface area contributed by atoms with Crippen molar-refractivity contribution in [3.8, 4) is 23.0 Å². The number of nitro groups is 1. The number of carbonyl (C=O) groups excluding carboxylic acids is 2. The molecule has 32 heavy (non-hydrogen) atoms. The highest BCUT2D eigenvalue weighted by Gasteiger charge is 2.36. The van der Waals surface area contributed by atoms with Crippen LogP contribution in [-0.2, 0) is 11.3 Å². The second-order valence-electron chi connectivity index (χ2n) is 6.64. The van der Waals surface area contributed by atoms with Crippen molar-refractivity contribution in [3.63, 3.8) is 0 Å². The van der Waals surface area contributed by atoms with Crippen LogP contribution in [0.3, 0.4) is 0 Å². The Balaban J connectivity index is 1.64. The summed E-state index contributed by atoms with van der Waals surface area (Å²) >= 11 is 6.89. The van der Waals surface area contributed by atoms with Gasteiger partial charge in [0.1, 0.15) is 0 Å². The monoisotopic (exact) mass is 478 g/mol. The molecule has 2 aromatic carbocycles. The number of rotatable bonds is 6. The number of thioether (sulfide) groups is 1. The second kappa shape index (κ2) is 8.60. The second-order valence-corrected chi connectivity index (χ2v) is 8.04. The van der Waals surface area contributed by atoms with E-state index in [0.717, 1.165) is 17.0 Å². The molecule has 0 saturated carbocycles. The van der Waals surface area contributed by atoms with Crippen molar-refractivity contribution in [2.75, 3.05) is 13.4 Å². The van der Waals surface area contributed by atoms with Crippen LogP contribution in [0.5, 0.6) is 23.0 Å². The number of benzene rings is 2. The maximum atomic E-state index is 12.9.